The lowest BCUT2D eigenvalue weighted by Gasteiger charge is -2.40. The Morgan fingerprint density at radius 3 is 2.17 bits per heavy atom. The number of nitrogens with one attached hydrogen (secondary N) is 1. The van der Waals surface area contributed by atoms with Crippen molar-refractivity contribution in [2.75, 3.05) is 44.9 Å². The van der Waals surface area contributed by atoms with Gasteiger partial charge in [-0.15, -0.1) is 0 Å². The second-order valence-electron chi connectivity index (χ2n) is 12.4. The van der Waals surface area contributed by atoms with Crippen LogP contribution in [0, 0.1) is 11.2 Å². The molecule has 1 unspecified atom stereocenters. The topological polar surface area (TPSA) is 78.2 Å². The molecule has 0 aliphatic carbocycles. The van der Waals surface area contributed by atoms with Crippen molar-refractivity contribution in [1.82, 2.24) is 4.90 Å². The summed E-state index contributed by atoms with van der Waals surface area (Å²) in [6.45, 7) is 16.9. The zero-order chi connectivity index (χ0) is 30.8. The average Bonchev–Trinajstić information content (AvgIpc) is 3.21. The lowest BCUT2D eigenvalue weighted by atomic mass is 9.83. The van der Waals surface area contributed by atoms with Gasteiger partial charge in [0.2, 0.25) is 0 Å². The van der Waals surface area contributed by atoms with Crippen molar-refractivity contribution < 1.29 is 23.7 Å². The smallest absolute Gasteiger partial charge is 0.197 e. The Balaban J connectivity index is 1.81. The fourth-order valence-electron chi connectivity index (χ4n) is 6.77. The molecule has 0 radical (unpaired) electrons. The van der Waals surface area contributed by atoms with Gasteiger partial charge in [-0.2, -0.15) is 0 Å². The van der Waals surface area contributed by atoms with Crippen LogP contribution in [-0.2, 0) is 11.0 Å². The van der Waals surface area contributed by atoms with Crippen LogP contribution in [-0.4, -0.2) is 55.8 Å². The summed E-state index contributed by atoms with van der Waals surface area (Å²) in [6, 6.07) is 5.95. The van der Waals surface area contributed by atoms with Crippen molar-refractivity contribution in [2.24, 2.45) is 0 Å². The summed E-state index contributed by atoms with van der Waals surface area (Å²) in [5.41, 5.74) is 2.88. The van der Waals surface area contributed by atoms with Crippen molar-refractivity contribution in [2.45, 2.75) is 97.6 Å². The Kier molecular flexibility index (Phi) is 9.65. The maximum absolute atomic E-state index is 16.1. The van der Waals surface area contributed by atoms with E-state index in [0.29, 0.717) is 30.8 Å². The number of halogens is 1. The molecule has 0 bridgehead atoms. The first kappa shape index (κ1) is 31.9. The molecule has 0 spiro atoms. The third-order valence-corrected chi connectivity index (χ3v) is 9.01. The summed E-state index contributed by atoms with van der Waals surface area (Å²) in [6.07, 6.45) is 3.83. The Morgan fingerprint density at radius 1 is 0.976 bits per heavy atom. The van der Waals surface area contributed by atoms with Crippen LogP contribution in [0.25, 0.3) is 0 Å². The van der Waals surface area contributed by atoms with Gasteiger partial charge in [0.1, 0.15) is 11.6 Å². The van der Waals surface area contributed by atoms with Gasteiger partial charge < -0.3 is 29.1 Å². The van der Waals surface area contributed by atoms with Crippen LogP contribution >= 0.6 is 0 Å². The molecule has 1 saturated heterocycles. The van der Waals surface area contributed by atoms with Gasteiger partial charge in [-0.3, -0.25) is 5.41 Å². The minimum absolute atomic E-state index is 0.0440. The van der Waals surface area contributed by atoms with Crippen molar-refractivity contribution in [3.8, 4) is 17.2 Å². The van der Waals surface area contributed by atoms with E-state index in [9.17, 15) is 10.5 Å². The molecule has 2 aromatic carbocycles. The number of aliphatic hydroxyl groups is 1. The number of piperidine rings is 1. The molecule has 1 fully saturated rings. The minimum atomic E-state index is -0.909. The van der Waals surface area contributed by atoms with Crippen LogP contribution in [0.2, 0.25) is 0 Å². The van der Waals surface area contributed by atoms with Gasteiger partial charge in [0.25, 0.3) is 0 Å². The number of rotatable bonds is 11. The number of ether oxygens (including phenoxy) is 3. The molecule has 2 N–H and O–H groups in total. The molecule has 232 valence electrons. The first-order valence-corrected chi connectivity index (χ1v) is 15.6. The van der Waals surface area contributed by atoms with Crippen molar-refractivity contribution in [1.29, 1.82) is 5.41 Å². The highest BCUT2D eigenvalue weighted by Gasteiger charge is 2.49. The molecule has 4 rings (SSSR count). The molecule has 8 heteroatoms. The zero-order valence-electron chi connectivity index (χ0n) is 26.8. The van der Waals surface area contributed by atoms with E-state index < -0.39 is 17.5 Å². The predicted octanol–water partition coefficient (Wildman–Crippen LogP) is 7.31. The first-order chi connectivity index (χ1) is 20.0. The van der Waals surface area contributed by atoms with Crippen molar-refractivity contribution in [3.63, 3.8) is 0 Å². The number of nitrogens with zero attached hydrogens (tertiary/aromatic N) is 2. The Labute approximate surface area is 251 Å². The summed E-state index contributed by atoms with van der Waals surface area (Å²) in [4.78, 5) is 4.25. The summed E-state index contributed by atoms with van der Waals surface area (Å²) >= 11 is 0. The van der Waals surface area contributed by atoms with Crippen molar-refractivity contribution >= 4 is 11.5 Å². The molecule has 0 amide bonds. The highest BCUT2D eigenvalue weighted by molar-refractivity contribution is 6.03. The minimum Gasteiger partial charge on any atom is -0.494 e. The zero-order valence-corrected chi connectivity index (χ0v) is 26.8. The van der Waals surface area contributed by atoms with Gasteiger partial charge in [-0.05, 0) is 80.7 Å². The number of anilines is 1. The lowest BCUT2D eigenvalue weighted by Crippen LogP contribution is -2.45. The number of hydrogen-bond acceptors (Lipinski definition) is 6. The van der Waals surface area contributed by atoms with E-state index >= 15 is 4.39 Å². The van der Waals surface area contributed by atoms with E-state index in [1.165, 1.54) is 6.42 Å². The second-order valence-corrected chi connectivity index (χ2v) is 12.4. The first-order valence-electron chi connectivity index (χ1n) is 15.6. The monoisotopic (exact) mass is 583 g/mol. The Hall–Kier alpha value is -3.00. The Morgan fingerprint density at radius 2 is 1.62 bits per heavy atom. The summed E-state index contributed by atoms with van der Waals surface area (Å²) < 4.78 is 33.6. The molecule has 7 nitrogen and oxygen atoms in total. The molecule has 1 atom stereocenters. The fraction of sp³-hybridized carbons (Fsp3) is 0.618. The van der Waals surface area contributed by atoms with Gasteiger partial charge in [0.05, 0.1) is 49.8 Å². The molecule has 0 aromatic heterocycles. The molecule has 0 saturated carbocycles. The summed E-state index contributed by atoms with van der Waals surface area (Å²) in [5.74, 6) is 0.746. The van der Waals surface area contributed by atoms with Gasteiger partial charge >= 0.3 is 0 Å². The van der Waals surface area contributed by atoms with Crippen LogP contribution in [0.3, 0.4) is 0 Å². The third-order valence-electron chi connectivity index (χ3n) is 9.01. The van der Waals surface area contributed by atoms with Crippen LogP contribution < -0.4 is 19.1 Å². The van der Waals surface area contributed by atoms with Gasteiger partial charge in [0, 0.05) is 18.7 Å². The molecule has 2 aliphatic heterocycles. The van der Waals surface area contributed by atoms with Gasteiger partial charge in [-0.25, -0.2) is 4.39 Å². The van der Waals surface area contributed by atoms with E-state index in [0.717, 1.165) is 48.5 Å². The Bertz CT molecular complexity index is 1280. The van der Waals surface area contributed by atoms with Crippen LogP contribution in [0.4, 0.5) is 10.1 Å². The van der Waals surface area contributed by atoms with E-state index in [1.807, 2.05) is 24.0 Å². The SMILES string of the molecule is CCOc1cc2c(c(F)c1OCC)C(=N)N(CC(O)c1cc(N3CCCCC3)c(OC)c(C(C)(C)C)c1)C2(CC)CC. The molecule has 2 heterocycles. The molecule has 2 aromatic rings. The normalized spacial score (nSPS) is 17.3. The summed E-state index contributed by atoms with van der Waals surface area (Å²) in [5, 5.41) is 21.1. The summed E-state index contributed by atoms with van der Waals surface area (Å²) in [7, 11) is 1.72. The largest absolute Gasteiger partial charge is 0.494 e. The average molecular weight is 584 g/mol. The van der Waals surface area contributed by atoms with E-state index in [2.05, 4.69) is 45.6 Å². The highest BCUT2D eigenvalue weighted by atomic mass is 19.1. The quantitative estimate of drug-likeness (QED) is 0.289. The third kappa shape index (κ3) is 5.54. The van der Waals surface area contributed by atoms with Crippen LogP contribution in [0.1, 0.15) is 109 Å². The molecular weight excluding hydrogens is 533 g/mol. The number of fused-ring (bicyclic) bond motifs is 1. The number of aliphatic hydroxyl groups excluding tert-OH is 1. The van der Waals surface area contributed by atoms with Crippen LogP contribution in [0.15, 0.2) is 18.2 Å². The number of methoxy groups -OCH3 is 1. The predicted molar refractivity (Wildman–Crippen MR) is 167 cm³/mol. The standard InChI is InChI=1S/C34H50FN3O4/c1-9-34(10-2)23-20-27(41-11-3)31(42-12-4)29(35)28(23)32(36)38(34)21-26(39)22-18-24(33(5,6)7)30(40-8)25(19-22)37-16-14-13-15-17-37/h18-20,26,36,39H,9-17,21H2,1-8H3. The molecular formula is C34H50FN3O4. The lowest BCUT2D eigenvalue weighted by molar-refractivity contribution is 0.0842. The van der Waals surface area contributed by atoms with Gasteiger partial charge in [0.15, 0.2) is 17.3 Å². The van der Waals surface area contributed by atoms with Gasteiger partial charge in [-0.1, -0.05) is 34.6 Å². The number of benzene rings is 2. The van der Waals surface area contributed by atoms with Crippen LogP contribution in [0.5, 0.6) is 17.2 Å². The fourth-order valence-corrected chi connectivity index (χ4v) is 6.77. The number of β-amino-alcohol motifs (C(OH)–C–C–N with tert-alkyl or cyclic N) is 1. The van der Waals surface area contributed by atoms with E-state index in [4.69, 9.17) is 14.2 Å². The van der Waals surface area contributed by atoms with E-state index in [1.54, 1.807) is 14.0 Å². The second kappa shape index (κ2) is 12.7. The number of amidine groups is 1. The van der Waals surface area contributed by atoms with E-state index in [-0.39, 0.29) is 35.7 Å². The molecule has 42 heavy (non-hydrogen) atoms. The van der Waals surface area contributed by atoms with Crippen molar-refractivity contribution in [3.05, 3.63) is 46.3 Å². The number of hydrogen-bond donors (Lipinski definition) is 2. The molecule has 2 aliphatic rings. The maximum atomic E-state index is 16.1. The maximum Gasteiger partial charge on any atom is 0.197 e. The highest BCUT2D eigenvalue weighted by Crippen LogP contribution is 2.50.